The van der Waals surface area contributed by atoms with E-state index in [-0.39, 0.29) is 11.2 Å². The van der Waals surface area contributed by atoms with Gasteiger partial charge in [-0.15, -0.1) is 34.4 Å². The number of fused-ring (bicyclic) bond motifs is 1. The minimum Gasteiger partial charge on any atom is -0.341 e. The molecule has 0 radical (unpaired) electrons. The normalized spacial score (nSPS) is 12.3. The summed E-state index contributed by atoms with van der Waals surface area (Å²) in [5.74, 6) is 1.52. The number of nitrogens with zero attached hydrogens (tertiary/aromatic N) is 2. The smallest absolute Gasteiger partial charge is 0.233 e. The summed E-state index contributed by atoms with van der Waals surface area (Å²) in [7, 11) is 0. The molecule has 0 fully saturated rings. The van der Waals surface area contributed by atoms with Gasteiger partial charge in [0, 0.05) is 9.75 Å². The van der Waals surface area contributed by atoms with Crippen molar-refractivity contribution in [1.29, 1.82) is 0 Å². The molecule has 0 aliphatic carbocycles. The standard InChI is InChI=1S/C21H21N3OS3/c1-15(21-22-18-8-2-3-9-19(18)23-21)28-14-20(25)24(12-16-6-4-10-26-16)13-17-7-5-11-27-17/h2-11,15H,12-14H2,1H3,(H,22,23). The Bertz CT molecular complexity index is 955. The molecular weight excluding hydrogens is 406 g/mol. The Balaban J connectivity index is 1.41. The Labute approximate surface area is 176 Å². The summed E-state index contributed by atoms with van der Waals surface area (Å²) in [6, 6.07) is 16.3. The van der Waals surface area contributed by atoms with Crippen LogP contribution in [0, 0.1) is 0 Å². The molecule has 1 aromatic carbocycles. The van der Waals surface area contributed by atoms with Crippen LogP contribution in [0.25, 0.3) is 11.0 Å². The number of carbonyl (C=O) groups excluding carboxylic acids is 1. The van der Waals surface area contributed by atoms with E-state index < -0.39 is 0 Å². The van der Waals surface area contributed by atoms with Gasteiger partial charge in [-0.2, -0.15) is 0 Å². The van der Waals surface area contributed by atoms with Crippen molar-refractivity contribution >= 4 is 51.4 Å². The first kappa shape index (κ1) is 19.2. The highest BCUT2D eigenvalue weighted by Gasteiger charge is 2.19. The van der Waals surface area contributed by atoms with Gasteiger partial charge in [0.2, 0.25) is 5.91 Å². The van der Waals surface area contributed by atoms with Gasteiger partial charge in [-0.1, -0.05) is 24.3 Å². The van der Waals surface area contributed by atoms with Crippen LogP contribution in [0.2, 0.25) is 0 Å². The number of aromatic nitrogens is 2. The predicted molar refractivity (Wildman–Crippen MR) is 120 cm³/mol. The summed E-state index contributed by atoms with van der Waals surface area (Å²) in [5, 5.41) is 4.24. The third kappa shape index (κ3) is 4.66. The van der Waals surface area contributed by atoms with Gasteiger partial charge in [-0.25, -0.2) is 4.98 Å². The molecule has 0 bridgehead atoms. The van der Waals surface area contributed by atoms with Gasteiger partial charge in [-0.3, -0.25) is 4.79 Å². The van der Waals surface area contributed by atoms with E-state index in [1.165, 1.54) is 9.75 Å². The molecule has 0 aliphatic heterocycles. The number of rotatable bonds is 8. The zero-order chi connectivity index (χ0) is 19.3. The molecule has 4 rings (SSSR count). The fourth-order valence-corrected chi connectivity index (χ4v) is 5.23. The van der Waals surface area contributed by atoms with Crippen LogP contribution >= 0.6 is 34.4 Å². The lowest BCUT2D eigenvalue weighted by Gasteiger charge is -2.22. The number of hydrogen-bond acceptors (Lipinski definition) is 5. The summed E-state index contributed by atoms with van der Waals surface area (Å²) >= 11 is 5.01. The molecule has 0 saturated heterocycles. The number of hydrogen-bond donors (Lipinski definition) is 1. The van der Waals surface area contributed by atoms with Crippen LogP contribution in [-0.4, -0.2) is 26.5 Å². The highest BCUT2D eigenvalue weighted by molar-refractivity contribution is 8.00. The molecule has 1 atom stereocenters. The SMILES string of the molecule is CC(SCC(=O)N(Cc1cccs1)Cc1cccs1)c1nc2ccccc2[nH]1. The monoisotopic (exact) mass is 427 g/mol. The van der Waals surface area contributed by atoms with E-state index in [2.05, 4.69) is 39.8 Å². The van der Waals surface area contributed by atoms with Crippen LogP contribution in [0.5, 0.6) is 0 Å². The maximum atomic E-state index is 13.0. The second kappa shape index (κ2) is 8.94. The Kier molecular flexibility index (Phi) is 6.14. The van der Waals surface area contributed by atoms with Gasteiger partial charge in [0.05, 0.1) is 35.1 Å². The molecule has 1 amide bonds. The number of para-hydroxylation sites is 2. The van der Waals surface area contributed by atoms with E-state index in [1.54, 1.807) is 34.4 Å². The number of carbonyl (C=O) groups is 1. The number of benzene rings is 1. The average molecular weight is 428 g/mol. The van der Waals surface area contributed by atoms with Crippen LogP contribution in [0.1, 0.15) is 27.8 Å². The molecule has 28 heavy (non-hydrogen) atoms. The summed E-state index contributed by atoms with van der Waals surface area (Å²) in [6.07, 6.45) is 0. The highest BCUT2D eigenvalue weighted by atomic mass is 32.2. The highest BCUT2D eigenvalue weighted by Crippen LogP contribution is 2.28. The first-order chi connectivity index (χ1) is 13.7. The molecule has 3 aromatic heterocycles. The molecule has 0 saturated carbocycles. The largest absolute Gasteiger partial charge is 0.341 e. The van der Waals surface area contributed by atoms with E-state index in [4.69, 9.17) is 0 Å². The quantitative estimate of drug-likeness (QED) is 0.392. The van der Waals surface area contributed by atoms with Crippen LogP contribution in [0.4, 0.5) is 0 Å². The average Bonchev–Trinajstić information content (AvgIpc) is 3.46. The van der Waals surface area contributed by atoms with Gasteiger partial charge in [-0.05, 0) is 41.9 Å². The van der Waals surface area contributed by atoms with E-state index in [1.807, 2.05) is 41.3 Å². The van der Waals surface area contributed by atoms with Crippen LogP contribution in [0.15, 0.2) is 59.3 Å². The molecule has 3 heterocycles. The second-order valence-electron chi connectivity index (χ2n) is 6.50. The van der Waals surface area contributed by atoms with Crippen molar-refractivity contribution in [3.05, 3.63) is 74.9 Å². The Morgan fingerprint density at radius 1 is 1.07 bits per heavy atom. The van der Waals surface area contributed by atoms with Crippen molar-refractivity contribution in [3.63, 3.8) is 0 Å². The van der Waals surface area contributed by atoms with Crippen LogP contribution in [-0.2, 0) is 17.9 Å². The van der Waals surface area contributed by atoms with Gasteiger partial charge in [0.15, 0.2) is 0 Å². The number of thiophene rings is 2. The number of aromatic amines is 1. The third-order valence-electron chi connectivity index (χ3n) is 4.46. The molecular formula is C21H21N3OS3. The molecule has 1 N–H and O–H groups in total. The number of thioether (sulfide) groups is 1. The summed E-state index contributed by atoms with van der Waals surface area (Å²) in [5.41, 5.74) is 2.00. The van der Waals surface area contributed by atoms with E-state index in [0.717, 1.165) is 16.9 Å². The van der Waals surface area contributed by atoms with Crippen molar-refractivity contribution < 1.29 is 4.79 Å². The number of nitrogens with one attached hydrogen (secondary N) is 1. The Hall–Kier alpha value is -2.09. The molecule has 0 aliphatic rings. The van der Waals surface area contributed by atoms with Crippen molar-refractivity contribution in [1.82, 2.24) is 14.9 Å². The lowest BCUT2D eigenvalue weighted by Crippen LogP contribution is -2.31. The molecule has 1 unspecified atom stereocenters. The second-order valence-corrected chi connectivity index (χ2v) is 9.89. The molecule has 4 nitrogen and oxygen atoms in total. The minimum atomic E-state index is 0.127. The lowest BCUT2D eigenvalue weighted by molar-refractivity contribution is -0.129. The molecule has 0 spiro atoms. The zero-order valence-electron chi connectivity index (χ0n) is 15.5. The third-order valence-corrected chi connectivity index (χ3v) is 7.32. The minimum absolute atomic E-state index is 0.127. The van der Waals surface area contributed by atoms with Crippen molar-refractivity contribution in [2.45, 2.75) is 25.3 Å². The number of H-pyrrole nitrogens is 1. The van der Waals surface area contributed by atoms with E-state index in [0.29, 0.717) is 18.8 Å². The first-order valence-corrected chi connectivity index (χ1v) is 11.9. The Morgan fingerprint density at radius 2 is 1.75 bits per heavy atom. The summed E-state index contributed by atoms with van der Waals surface area (Å²) < 4.78 is 0. The van der Waals surface area contributed by atoms with Crippen LogP contribution in [0.3, 0.4) is 0 Å². The topological polar surface area (TPSA) is 49.0 Å². The fraction of sp³-hybridized carbons (Fsp3) is 0.238. The van der Waals surface area contributed by atoms with Gasteiger partial charge < -0.3 is 9.88 Å². The fourth-order valence-electron chi connectivity index (χ4n) is 2.95. The van der Waals surface area contributed by atoms with Crippen LogP contribution < -0.4 is 0 Å². The lowest BCUT2D eigenvalue weighted by atomic mass is 10.3. The molecule has 7 heteroatoms. The zero-order valence-corrected chi connectivity index (χ0v) is 17.9. The predicted octanol–water partition coefficient (Wildman–Crippen LogP) is 5.71. The maximum Gasteiger partial charge on any atom is 0.233 e. The van der Waals surface area contributed by atoms with Gasteiger partial charge in [0.25, 0.3) is 0 Å². The number of imidazole rings is 1. The van der Waals surface area contributed by atoms with Gasteiger partial charge >= 0.3 is 0 Å². The van der Waals surface area contributed by atoms with Crippen molar-refractivity contribution in [3.8, 4) is 0 Å². The molecule has 144 valence electrons. The van der Waals surface area contributed by atoms with E-state index in [9.17, 15) is 4.79 Å². The van der Waals surface area contributed by atoms with E-state index >= 15 is 0 Å². The first-order valence-electron chi connectivity index (χ1n) is 9.08. The van der Waals surface area contributed by atoms with Gasteiger partial charge in [0.1, 0.15) is 5.82 Å². The molecule has 4 aromatic rings. The van der Waals surface area contributed by atoms with Crippen molar-refractivity contribution in [2.75, 3.05) is 5.75 Å². The number of amides is 1. The van der Waals surface area contributed by atoms with Crippen molar-refractivity contribution in [2.24, 2.45) is 0 Å². The summed E-state index contributed by atoms with van der Waals surface area (Å²) in [6.45, 7) is 3.42. The Morgan fingerprint density at radius 3 is 2.36 bits per heavy atom. The maximum absolute atomic E-state index is 13.0. The summed E-state index contributed by atoms with van der Waals surface area (Å²) in [4.78, 5) is 25.4.